The first-order chi connectivity index (χ1) is 14.2. The van der Waals surface area contributed by atoms with Crippen LogP contribution in [-0.2, 0) is 16.0 Å². The first-order valence-electron chi connectivity index (χ1n) is 9.88. The minimum Gasteiger partial charge on any atom is -0.435 e. The number of fused-ring (bicyclic) bond motifs is 1. The average molecular weight is 413 g/mol. The number of thiazole rings is 1. The molecule has 0 atom stereocenters. The van der Waals surface area contributed by atoms with Crippen molar-refractivity contribution in [3.8, 4) is 10.9 Å². The number of ether oxygens (including phenoxy) is 3. The molecule has 0 unspecified atom stereocenters. The Morgan fingerprint density at radius 1 is 1.14 bits per heavy atom. The number of hydrogen-bond donors (Lipinski definition) is 0. The van der Waals surface area contributed by atoms with E-state index in [1.165, 1.54) is 5.56 Å². The summed E-state index contributed by atoms with van der Waals surface area (Å²) >= 11 is 1.55. The van der Waals surface area contributed by atoms with E-state index in [9.17, 15) is 4.79 Å². The summed E-state index contributed by atoms with van der Waals surface area (Å²) in [5, 5.41) is 0.655. The fourth-order valence-electron chi connectivity index (χ4n) is 3.39. The van der Waals surface area contributed by atoms with E-state index in [-0.39, 0.29) is 6.10 Å². The molecule has 0 bridgehead atoms. The van der Waals surface area contributed by atoms with E-state index in [2.05, 4.69) is 22.0 Å². The summed E-state index contributed by atoms with van der Waals surface area (Å²) in [7, 11) is 0. The van der Waals surface area contributed by atoms with Gasteiger partial charge in [-0.25, -0.2) is 9.78 Å². The Bertz CT molecular complexity index is 916. The van der Waals surface area contributed by atoms with Gasteiger partial charge in [-0.15, -0.1) is 0 Å². The third-order valence-electron chi connectivity index (χ3n) is 4.87. The third-order valence-corrected chi connectivity index (χ3v) is 5.78. The molecule has 152 valence electrons. The van der Waals surface area contributed by atoms with E-state index < -0.39 is 6.16 Å². The molecule has 0 saturated carbocycles. The number of nitrogens with zero attached hydrogens (tertiary/aromatic N) is 2. The SMILES string of the molecule is CCOC(=O)OC1CCN(Cc2ccc(Oc3nc4ccccc4s3)cc2)CC1. The molecular formula is C22H24N2O4S. The highest BCUT2D eigenvalue weighted by atomic mass is 32.1. The quantitative estimate of drug-likeness (QED) is 0.517. The summed E-state index contributed by atoms with van der Waals surface area (Å²) in [5.41, 5.74) is 2.19. The molecule has 6 nitrogen and oxygen atoms in total. The molecule has 3 aromatic rings. The van der Waals surface area contributed by atoms with Crippen molar-refractivity contribution in [3.05, 3.63) is 54.1 Å². The lowest BCUT2D eigenvalue weighted by Crippen LogP contribution is -2.37. The second-order valence-corrected chi connectivity index (χ2v) is 7.96. The van der Waals surface area contributed by atoms with Gasteiger partial charge in [0.15, 0.2) is 0 Å². The van der Waals surface area contributed by atoms with Crippen molar-refractivity contribution in [2.24, 2.45) is 0 Å². The van der Waals surface area contributed by atoms with Gasteiger partial charge in [-0.1, -0.05) is 35.6 Å². The predicted octanol–water partition coefficient (Wildman–Crippen LogP) is 5.23. The number of piperidine rings is 1. The lowest BCUT2D eigenvalue weighted by Gasteiger charge is -2.31. The molecule has 1 aromatic heterocycles. The molecule has 1 aliphatic rings. The molecule has 7 heteroatoms. The average Bonchev–Trinajstić information content (AvgIpc) is 3.13. The zero-order chi connectivity index (χ0) is 20.1. The summed E-state index contributed by atoms with van der Waals surface area (Å²) in [4.78, 5) is 18.3. The molecule has 0 spiro atoms. The molecule has 29 heavy (non-hydrogen) atoms. The minimum atomic E-state index is -0.560. The van der Waals surface area contributed by atoms with Gasteiger partial charge in [0.2, 0.25) is 0 Å². The predicted molar refractivity (Wildman–Crippen MR) is 113 cm³/mol. The van der Waals surface area contributed by atoms with E-state index in [0.29, 0.717) is 11.8 Å². The first-order valence-corrected chi connectivity index (χ1v) is 10.7. The molecule has 2 aromatic carbocycles. The van der Waals surface area contributed by atoms with Crippen LogP contribution in [0.1, 0.15) is 25.3 Å². The number of carbonyl (C=O) groups excluding carboxylic acids is 1. The van der Waals surface area contributed by atoms with Gasteiger partial charge in [0.05, 0.1) is 16.8 Å². The molecule has 2 heterocycles. The molecule has 1 aliphatic heterocycles. The smallest absolute Gasteiger partial charge is 0.435 e. The Balaban J connectivity index is 1.27. The Morgan fingerprint density at radius 3 is 2.62 bits per heavy atom. The Hall–Kier alpha value is -2.64. The van der Waals surface area contributed by atoms with Crippen LogP contribution in [0.4, 0.5) is 4.79 Å². The highest BCUT2D eigenvalue weighted by molar-refractivity contribution is 7.20. The number of likely N-dealkylation sites (tertiary alicyclic amines) is 1. The Kier molecular flexibility index (Phi) is 6.27. The van der Waals surface area contributed by atoms with Crippen molar-refractivity contribution in [2.75, 3.05) is 19.7 Å². The second-order valence-electron chi connectivity index (χ2n) is 6.97. The van der Waals surface area contributed by atoms with E-state index in [4.69, 9.17) is 14.2 Å². The normalized spacial score (nSPS) is 15.3. The molecule has 1 fully saturated rings. The van der Waals surface area contributed by atoms with Crippen molar-refractivity contribution in [3.63, 3.8) is 0 Å². The van der Waals surface area contributed by atoms with Gasteiger partial charge in [0.1, 0.15) is 11.9 Å². The second kappa shape index (κ2) is 9.24. The van der Waals surface area contributed by atoms with E-state index in [0.717, 1.165) is 48.4 Å². The number of carbonyl (C=O) groups is 1. The number of benzene rings is 2. The molecule has 1 saturated heterocycles. The first kappa shape index (κ1) is 19.7. The zero-order valence-electron chi connectivity index (χ0n) is 16.4. The highest BCUT2D eigenvalue weighted by Crippen LogP contribution is 2.31. The van der Waals surface area contributed by atoms with Crippen LogP contribution in [-0.4, -0.2) is 41.8 Å². The number of aromatic nitrogens is 1. The van der Waals surface area contributed by atoms with Crippen LogP contribution in [0.2, 0.25) is 0 Å². The van der Waals surface area contributed by atoms with E-state index >= 15 is 0 Å². The molecule has 0 aliphatic carbocycles. The summed E-state index contributed by atoms with van der Waals surface area (Å²) in [6.07, 6.45) is 1.06. The van der Waals surface area contributed by atoms with Gasteiger partial charge in [-0.2, -0.15) is 0 Å². The number of para-hydroxylation sites is 1. The monoisotopic (exact) mass is 412 g/mol. The molecule has 0 N–H and O–H groups in total. The minimum absolute atomic E-state index is 0.0464. The summed E-state index contributed by atoms with van der Waals surface area (Å²) in [6, 6.07) is 16.2. The van der Waals surface area contributed by atoms with Crippen LogP contribution in [0.25, 0.3) is 10.2 Å². The maximum absolute atomic E-state index is 11.4. The topological polar surface area (TPSA) is 60.9 Å². The fraction of sp³-hybridized carbons (Fsp3) is 0.364. The number of hydrogen-bond acceptors (Lipinski definition) is 7. The zero-order valence-corrected chi connectivity index (χ0v) is 17.2. The third kappa shape index (κ3) is 5.25. The van der Waals surface area contributed by atoms with Crippen LogP contribution in [0.3, 0.4) is 0 Å². The Morgan fingerprint density at radius 2 is 1.90 bits per heavy atom. The van der Waals surface area contributed by atoms with Crippen LogP contribution in [0.5, 0.6) is 10.9 Å². The van der Waals surface area contributed by atoms with Gasteiger partial charge in [0, 0.05) is 19.6 Å². The highest BCUT2D eigenvalue weighted by Gasteiger charge is 2.22. The van der Waals surface area contributed by atoms with Gasteiger partial charge in [0.25, 0.3) is 5.19 Å². The Labute approximate surface area is 174 Å². The largest absolute Gasteiger partial charge is 0.508 e. The van der Waals surface area contributed by atoms with Crippen LogP contribution >= 0.6 is 11.3 Å². The van der Waals surface area contributed by atoms with Crippen LogP contribution in [0, 0.1) is 0 Å². The van der Waals surface area contributed by atoms with Gasteiger partial charge in [-0.3, -0.25) is 4.90 Å². The van der Waals surface area contributed by atoms with Crippen molar-refractivity contribution in [1.82, 2.24) is 9.88 Å². The summed E-state index contributed by atoms with van der Waals surface area (Å²) in [5.74, 6) is 0.786. The van der Waals surface area contributed by atoms with Crippen molar-refractivity contribution < 1.29 is 19.0 Å². The number of rotatable bonds is 6. The van der Waals surface area contributed by atoms with E-state index in [1.54, 1.807) is 18.3 Å². The maximum Gasteiger partial charge on any atom is 0.508 e. The fourth-order valence-corrected chi connectivity index (χ4v) is 4.22. The molecular weight excluding hydrogens is 388 g/mol. The van der Waals surface area contributed by atoms with E-state index in [1.807, 2.05) is 36.4 Å². The molecule has 4 rings (SSSR count). The van der Waals surface area contributed by atoms with Crippen molar-refractivity contribution in [1.29, 1.82) is 0 Å². The summed E-state index contributed by atoms with van der Waals surface area (Å²) < 4.78 is 17.2. The van der Waals surface area contributed by atoms with Gasteiger partial charge in [-0.05, 0) is 49.6 Å². The maximum atomic E-state index is 11.4. The van der Waals surface area contributed by atoms with Crippen LogP contribution in [0.15, 0.2) is 48.5 Å². The van der Waals surface area contributed by atoms with Gasteiger partial charge >= 0.3 is 6.16 Å². The van der Waals surface area contributed by atoms with Crippen molar-refractivity contribution in [2.45, 2.75) is 32.4 Å². The van der Waals surface area contributed by atoms with Gasteiger partial charge < -0.3 is 14.2 Å². The molecule has 0 amide bonds. The van der Waals surface area contributed by atoms with Crippen molar-refractivity contribution >= 4 is 27.7 Å². The lowest BCUT2D eigenvalue weighted by molar-refractivity contribution is 0.000930. The van der Waals surface area contributed by atoms with Crippen LogP contribution < -0.4 is 4.74 Å². The lowest BCUT2D eigenvalue weighted by atomic mass is 10.1. The summed E-state index contributed by atoms with van der Waals surface area (Å²) in [6.45, 7) is 4.78. The molecule has 0 radical (unpaired) electrons. The standard InChI is InChI=1S/C22H24N2O4S/c1-2-26-22(25)28-18-11-13-24(14-12-18)15-16-7-9-17(10-8-16)27-21-23-19-5-3-4-6-20(19)29-21/h3-10,18H,2,11-15H2,1H3.